The van der Waals surface area contributed by atoms with Crippen LogP contribution in [0.25, 0.3) is 0 Å². The lowest BCUT2D eigenvalue weighted by Gasteiger charge is -2.27. The van der Waals surface area contributed by atoms with Gasteiger partial charge in [0.05, 0.1) is 19.6 Å². The highest BCUT2D eigenvalue weighted by Crippen LogP contribution is 2.47. The molecular weight excluding hydrogens is 412 g/mol. The molecule has 1 saturated heterocycles. The summed E-state index contributed by atoms with van der Waals surface area (Å²) in [4.78, 5) is 27.1. The highest BCUT2D eigenvalue weighted by atomic mass is 16.7. The fraction of sp³-hybridized carbons (Fsp3) is 0.417. The molecule has 1 amide bonds. The van der Waals surface area contributed by atoms with Crippen molar-refractivity contribution < 1.29 is 28.9 Å². The molecule has 8 heteroatoms. The van der Waals surface area contributed by atoms with Gasteiger partial charge in [0.25, 0.3) is 0 Å². The summed E-state index contributed by atoms with van der Waals surface area (Å²) < 4.78 is 16.2. The van der Waals surface area contributed by atoms with Crippen LogP contribution < -0.4 is 19.5 Å². The van der Waals surface area contributed by atoms with Crippen LogP contribution >= 0.6 is 0 Å². The Bertz CT molecular complexity index is 990. The van der Waals surface area contributed by atoms with Crippen LogP contribution in [0.4, 0.5) is 0 Å². The Hall–Kier alpha value is -3.26. The normalized spacial score (nSPS) is 22.2. The molecule has 0 spiro atoms. The van der Waals surface area contributed by atoms with Gasteiger partial charge in [-0.3, -0.25) is 14.5 Å². The van der Waals surface area contributed by atoms with E-state index >= 15 is 0 Å². The Balaban J connectivity index is 1.71. The predicted molar refractivity (Wildman–Crippen MR) is 117 cm³/mol. The van der Waals surface area contributed by atoms with Gasteiger partial charge in [-0.25, -0.2) is 0 Å². The van der Waals surface area contributed by atoms with Crippen LogP contribution in [0.3, 0.4) is 0 Å². The number of fused-ring (bicyclic) bond motifs is 1. The lowest BCUT2D eigenvalue weighted by molar-refractivity contribution is -0.143. The van der Waals surface area contributed by atoms with E-state index in [4.69, 9.17) is 14.2 Å². The van der Waals surface area contributed by atoms with E-state index in [-0.39, 0.29) is 31.2 Å². The van der Waals surface area contributed by atoms with E-state index in [1.807, 2.05) is 61.2 Å². The number of nitrogens with one attached hydrogen (secondary N) is 1. The molecule has 0 aliphatic carbocycles. The smallest absolute Gasteiger partial charge is 0.309 e. The number of hydrogen-bond donors (Lipinski definition) is 2. The average Bonchev–Trinajstić information content (AvgIpc) is 3.37. The SMILES string of the molecule is COc1ccc(C2C(C(=O)O)C(c3ccc4c(c3)OCO4)CN2CC(=O)NC(C)C)cc1. The molecule has 3 unspecified atom stereocenters. The van der Waals surface area contributed by atoms with E-state index < -0.39 is 17.9 Å². The van der Waals surface area contributed by atoms with Gasteiger partial charge in [0, 0.05) is 24.5 Å². The maximum Gasteiger partial charge on any atom is 0.309 e. The minimum Gasteiger partial charge on any atom is -0.497 e. The maximum atomic E-state index is 12.6. The maximum absolute atomic E-state index is 12.6. The molecule has 0 saturated carbocycles. The first-order valence-electron chi connectivity index (χ1n) is 10.7. The number of carboxylic acid groups (broad SMARTS) is 1. The number of carbonyl (C=O) groups is 2. The fourth-order valence-corrected chi connectivity index (χ4v) is 4.62. The zero-order valence-electron chi connectivity index (χ0n) is 18.4. The molecule has 4 rings (SSSR count). The van der Waals surface area contributed by atoms with Crippen molar-refractivity contribution in [3.05, 3.63) is 53.6 Å². The van der Waals surface area contributed by atoms with Crippen LogP contribution in [0, 0.1) is 5.92 Å². The van der Waals surface area contributed by atoms with Crippen molar-refractivity contribution in [2.24, 2.45) is 5.92 Å². The lowest BCUT2D eigenvalue weighted by atomic mass is 9.82. The van der Waals surface area contributed by atoms with Gasteiger partial charge >= 0.3 is 5.97 Å². The van der Waals surface area contributed by atoms with E-state index in [0.29, 0.717) is 23.8 Å². The Morgan fingerprint density at radius 2 is 1.81 bits per heavy atom. The van der Waals surface area contributed by atoms with Crippen LogP contribution in [-0.2, 0) is 9.59 Å². The van der Waals surface area contributed by atoms with Gasteiger partial charge in [-0.2, -0.15) is 0 Å². The summed E-state index contributed by atoms with van der Waals surface area (Å²) in [7, 11) is 1.59. The third-order valence-electron chi connectivity index (χ3n) is 5.96. The van der Waals surface area contributed by atoms with Crippen LogP contribution in [0.5, 0.6) is 17.2 Å². The minimum absolute atomic E-state index is 0.00414. The highest BCUT2D eigenvalue weighted by molar-refractivity contribution is 5.79. The number of hydrogen-bond acceptors (Lipinski definition) is 6. The lowest BCUT2D eigenvalue weighted by Crippen LogP contribution is -2.40. The Morgan fingerprint density at radius 1 is 1.12 bits per heavy atom. The second-order valence-corrected chi connectivity index (χ2v) is 8.45. The summed E-state index contributed by atoms with van der Waals surface area (Å²) in [5.74, 6) is -0.136. The molecule has 32 heavy (non-hydrogen) atoms. The minimum atomic E-state index is -0.903. The number of carboxylic acids is 1. The van der Waals surface area contributed by atoms with Crippen LogP contribution in [0.2, 0.25) is 0 Å². The fourth-order valence-electron chi connectivity index (χ4n) is 4.62. The number of nitrogens with zero attached hydrogens (tertiary/aromatic N) is 1. The molecule has 1 fully saturated rings. The van der Waals surface area contributed by atoms with E-state index in [2.05, 4.69) is 5.32 Å². The van der Waals surface area contributed by atoms with Gasteiger partial charge in [0.1, 0.15) is 5.75 Å². The summed E-state index contributed by atoms with van der Waals surface area (Å²) in [6.45, 7) is 4.50. The molecule has 2 aliphatic rings. The molecule has 0 radical (unpaired) electrons. The number of ether oxygens (including phenoxy) is 3. The molecule has 2 N–H and O–H groups in total. The third-order valence-corrected chi connectivity index (χ3v) is 5.96. The summed E-state index contributed by atoms with van der Waals surface area (Å²) in [5.41, 5.74) is 1.69. The van der Waals surface area contributed by atoms with Crippen molar-refractivity contribution in [2.75, 3.05) is 27.0 Å². The van der Waals surface area contributed by atoms with E-state index in [1.54, 1.807) is 7.11 Å². The van der Waals surface area contributed by atoms with Crippen molar-refractivity contribution in [3.8, 4) is 17.2 Å². The molecule has 2 aromatic carbocycles. The quantitative estimate of drug-likeness (QED) is 0.683. The zero-order chi connectivity index (χ0) is 22.8. The van der Waals surface area contributed by atoms with Gasteiger partial charge in [-0.05, 0) is 49.2 Å². The molecule has 2 heterocycles. The number of likely N-dealkylation sites (tertiary alicyclic amines) is 1. The monoisotopic (exact) mass is 440 g/mol. The average molecular weight is 440 g/mol. The topological polar surface area (TPSA) is 97.3 Å². The number of amides is 1. The highest BCUT2D eigenvalue weighted by Gasteiger charge is 2.48. The second kappa shape index (κ2) is 9.08. The Kier molecular flexibility index (Phi) is 6.23. The molecule has 0 bridgehead atoms. The first-order chi connectivity index (χ1) is 15.4. The summed E-state index contributed by atoms with van der Waals surface area (Å²) >= 11 is 0. The number of carbonyl (C=O) groups excluding carboxylic acids is 1. The second-order valence-electron chi connectivity index (χ2n) is 8.45. The van der Waals surface area contributed by atoms with E-state index in [0.717, 1.165) is 11.1 Å². The van der Waals surface area contributed by atoms with Gasteiger partial charge in [-0.1, -0.05) is 18.2 Å². The number of rotatable bonds is 7. The zero-order valence-corrected chi connectivity index (χ0v) is 18.4. The van der Waals surface area contributed by atoms with Gasteiger partial charge < -0.3 is 24.6 Å². The number of methoxy groups -OCH3 is 1. The standard InChI is InChI=1S/C24H28N2O6/c1-14(2)25-21(27)12-26-11-18(16-6-9-19-20(10-16)32-13-31-19)22(24(28)29)23(26)15-4-7-17(30-3)8-5-15/h4-10,14,18,22-23H,11-13H2,1-3H3,(H,25,27)(H,28,29). The summed E-state index contributed by atoms with van der Waals surface area (Å²) in [6, 6.07) is 12.5. The Labute approximate surface area is 187 Å². The molecule has 0 aromatic heterocycles. The Morgan fingerprint density at radius 3 is 2.47 bits per heavy atom. The van der Waals surface area contributed by atoms with Crippen LogP contribution in [-0.4, -0.2) is 54.9 Å². The largest absolute Gasteiger partial charge is 0.497 e. The first kappa shape index (κ1) is 22.0. The van der Waals surface area contributed by atoms with Crippen molar-refractivity contribution in [1.29, 1.82) is 0 Å². The summed E-state index contributed by atoms with van der Waals surface area (Å²) in [5, 5.41) is 13.2. The molecular formula is C24H28N2O6. The number of aliphatic carboxylic acids is 1. The van der Waals surface area contributed by atoms with Gasteiger partial charge in [-0.15, -0.1) is 0 Å². The molecule has 3 atom stereocenters. The molecule has 8 nitrogen and oxygen atoms in total. The molecule has 2 aromatic rings. The molecule has 170 valence electrons. The summed E-state index contributed by atoms with van der Waals surface area (Å²) in [6.07, 6.45) is 0. The van der Waals surface area contributed by atoms with Gasteiger partial charge in [0.2, 0.25) is 12.7 Å². The number of benzene rings is 2. The molecule has 2 aliphatic heterocycles. The van der Waals surface area contributed by atoms with Crippen molar-refractivity contribution in [2.45, 2.75) is 31.8 Å². The van der Waals surface area contributed by atoms with Crippen molar-refractivity contribution >= 4 is 11.9 Å². The van der Waals surface area contributed by atoms with E-state index in [9.17, 15) is 14.7 Å². The van der Waals surface area contributed by atoms with E-state index in [1.165, 1.54) is 0 Å². The predicted octanol–water partition coefficient (Wildman–Crippen LogP) is 2.79. The van der Waals surface area contributed by atoms with Crippen molar-refractivity contribution in [1.82, 2.24) is 10.2 Å². The van der Waals surface area contributed by atoms with Gasteiger partial charge in [0.15, 0.2) is 11.5 Å². The first-order valence-corrected chi connectivity index (χ1v) is 10.7. The van der Waals surface area contributed by atoms with Crippen LogP contribution in [0.15, 0.2) is 42.5 Å². The third kappa shape index (κ3) is 4.36. The van der Waals surface area contributed by atoms with Crippen LogP contribution in [0.1, 0.15) is 36.9 Å². The van der Waals surface area contributed by atoms with Crippen molar-refractivity contribution in [3.63, 3.8) is 0 Å².